The molecule has 1 aromatic carbocycles. The van der Waals surface area contributed by atoms with Crippen molar-refractivity contribution in [3.8, 4) is 11.5 Å². The van der Waals surface area contributed by atoms with Crippen LogP contribution in [0.15, 0.2) is 54.1 Å². The molecule has 0 saturated heterocycles. The molecule has 3 aromatic rings. The summed E-state index contributed by atoms with van der Waals surface area (Å²) in [5.41, 5.74) is 1.66. The van der Waals surface area contributed by atoms with E-state index in [1.54, 1.807) is 18.6 Å². The van der Waals surface area contributed by atoms with E-state index >= 15 is 0 Å². The highest BCUT2D eigenvalue weighted by Crippen LogP contribution is 2.29. The summed E-state index contributed by atoms with van der Waals surface area (Å²) in [6, 6.07) is 9.82. The van der Waals surface area contributed by atoms with E-state index in [1.165, 1.54) is 0 Å². The maximum Gasteiger partial charge on any atom is 0.313 e. The molecular weight excluding hydrogens is 326 g/mol. The normalized spacial score (nSPS) is 12.0. The Morgan fingerprint density at radius 1 is 1.25 bits per heavy atom. The predicted octanol–water partition coefficient (Wildman–Crippen LogP) is 2.52. The van der Waals surface area contributed by atoms with Gasteiger partial charge in [-0.3, -0.25) is 14.3 Å². The largest absolute Gasteiger partial charge is 0.481 e. The number of carbonyl (C=O) groups is 1. The van der Waals surface area contributed by atoms with Crippen LogP contribution >= 0.6 is 11.8 Å². The first-order chi connectivity index (χ1) is 11.7. The molecule has 0 radical (unpaired) electrons. The van der Waals surface area contributed by atoms with Gasteiger partial charge in [0.05, 0.1) is 18.0 Å². The number of benzene rings is 1. The summed E-state index contributed by atoms with van der Waals surface area (Å²) in [6.45, 7) is 2.02. The maximum atomic E-state index is 10.9. The molecule has 3 rings (SSSR count). The Labute approximate surface area is 142 Å². The van der Waals surface area contributed by atoms with E-state index in [2.05, 4.69) is 20.2 Å². The monoisotopic (exact) mass is 341 g/mol. The van der Waals surface area contributed by atoms with Crippen molar-refractivity contribution in [2.75, 3.05) is 5.75 Å². The molecule has 0 amide bonds. The van der Waals surface area contributed by atoms with Crippen molar-refractivity contribution in [2.45, 2.75) is 18.1 Å². The van der Waals surface area contributed by atoms with Crippen LogP contribution in [-0.2, 0) is 4.79 Å². The van der Waals surface area contributed by atoms with Crippen LogP contribution in [-0.4, -0.2) is 41.6 Å². The van der Waals surface area contributed by atoms with Gasteiger partial charge >= 0.3 is 5.97 Å². The molecule has 1 atom stereocenters. The highest BCUT2D eigenvalue weighted by molar-refractivity contribution is 7.99. The fourth-order valence-corrected chi connectivity index (χ4v) is 3.06. The summed E-state index contributed by atoms with van der Waals surface area (Å²) in [5.74, 6) is -0.421. The van der Waals surface area contributed by atoms with Crippen molar-refractivity contribution < 1.29 is 9.90 Å². The highest BCUT2D eigenvalue weighted by atomic mass is 32.2. The zero-order valence-electron chi connectivity index (χ0n) is 12.9. The van der Waals surface area contributed by atoms with Gasteiger partial charge < -0.3 is 5.11 Å². The van der Waals surface area contributed by atoms with Crippen LogP contribution < -0.4 is 0 Å². The van der Waals surface area contributed by atoms with Crippen LogP contribution in [0.4, 0.5) is 0 Å². The minimum absolute atomic E-state index is 0.0745. The van der Waals surface area contributed by atoms with Gasteiger partial charge in [0.25, 0.3) is 0 Å². The predicted molar refractivity (Wildman–Crippen MR) is 89.7 cm³/mol. The van der Waals surface area contributed by atoms with Crippen molar-refractivity contribution in [1.82, 2.24) is 24.7 Å². The first-order valence-corrected chi connectivity index (χ1v) is 8.26. The number of aromatic nitrogens is 5. The van der Waals surface area contributed by atoms with Crippen LogP contribution in [0.5, 0.6) is 0 Å². The fraction of sp³-hybridized carbons (Fsp3) is 0.188. The topological polar surface area (TPSA) is 93.8 Å². The Morgan fingerprint density at radius 2 is 2.04 bits per heavy atom. The molecule has 1 N–H and O–H groups in total. The van der Waals surface area contributed by atoms with Gasteiger partial charge in [0.2, 0.25) is 0 Å². The molecule has 0 fully saturated rings. The number of thioether (sulfide) groups is 1. The fourth-order valence-electron chi connectivity index (χ4n) is 2.32. The van der Waals surface area contributed by atoms with Crippen molar-refractivity contribution in [3.63, 3.8) is 0 Å². The standard InChI is InChI=1S/C16H15N5O2S/c1-11(12-5-3-2-4-6-12)21-15(13-9-17-7-8-18-13)19-20-16(21)24-10-14(22)23/h2-9,11H,10H2,1H3,(H,22,23)/t11-/m1/s1. The summed E-state index contributed by atoms with van der Waals surface area (Å²) in [6.07, 6.45) is 4.79. The average molecular weight is 341 g/mol. The Bertz CT molecular complexity index is 823. The lowest BCUT2D eigenvalue weighted by Crippen LogP contribution is -2.11. The lowest BCUT2D eigenvalue weighted by molar-refractivity contribution is -0.133. The van der Waals surface area contributed by atoms with E-state index in [0.717, 1.165) is 17.3 Å². The SMILES string of the molecule is C[C@H](c1ccccc1)n1c(SCC(=O)O)nnc1-c1cnccn1. The molecule has 8 heteroatoms. The first kappa shape index (κ1) is 16.1. The third-order valence-electron chi connectivity index (χ3n) is 3.45. The molecular formula is C16H15N5O2S. The van der Waals surface area contributed by atoms with Crippen molar-refractivity contribution >= 4 is 17.7 Å². The van der Waals surface area contributed by atoms with Gasteiger partial charge in [-0.1, -0.05) is 42.1 Å². The molecule has 0 aliphatic rings. The van der Waals surface area contributed by atoms with Crippen LogP contribution in [0.25, 0.3) is 11.5 Å². The number of rotatable bonds is 6. The number of nitrogens with zero attached hydrogens (tertiary/aromatic N) is 5. The van der Waals surface area contributed by atoms with E-state index in [1.807, 2.05) is 41.8 Å². The average Bonchev–Trinajstić information content (AvgIpc) is 3.04. The number of hydrogen-bond acceptors (Lipinski definition) is 6. The second-order valence-corrected chi connectivity index (χ2v) is 5.98. The zero-order chi connectivity index (χ0) is 16.9. The molecule has 122 valence electrons. The number of aliphatic carboxylic acids is 1. The Morgan fingerprint density at radius 3 is 2.71 bits per heavy atom. The lowest BCUT2D eigenvalue weighted by atomic mass is 10.1. The van der Waals surface area contributed by atoms with Crippen molar-refractivity contribution in [1.29, 1.82) is 0 Å². The Hall–Kier alpha value is -2.74. The molecule has 0 spiro atoms. The van der Waals surface area contributed by atoms with E-state index in [4.69, 9.17) is 5.11 Å². The third-order valence-corrected chi connectivity index (χ3v) is 4.38. The lowest BCUT2D eigenvalue weighted by Gasteiger charge is -2.18. The van der Waals surface area contributed by atoms with Gasteiger partial charge in [-0.2, -0.15) is 0 Å². The van der Waals surface area contributed by atoms with Gasteiger partial charge in [-0.25, -0.2) is 4.98 Å². The molecule has 7 nitrogen and oxygen atoms in total. The first-order valence-electron chi connectivity index (χ1n) is 7.27. The van der Waals surface area contributed by atoms with Crippen molar-refractivity contribution in [3.05, 3.63) is 54.5 Å². The van der Waals surface area contributed by atoms with E-state index in [9.17, 15) is 4.79 Å². The number of carboxylic acids is 1. The molecule has 0 unspecified atom stereocenters. The summed E-state index contributed by atoms with van der Waals surface area (Å²) in [4.78, 5) is 19.3. The quantitative estimate of drug-likeness (QED) is 0.688. The molecule has 0 saturated carbocycles. The summed E-state index contributed by atoms with van der Waals surface area (Å²) in [5, 5.41) is 17.8. The zero-order valence-corrected chi connectivity index (χ0v) is 13.7. The van der Waals surface area contributed by atoms with Gasteiger partial charge in [0.1, 0.15) is 5.69 Å². The molecule has 0 aliphatic carbocycles. The third kappa shape index (κ3) is 3.43. The van der Waals surface area contributed by atoms with Crippen LogP contribution in [0.3, 0.4) is 0 Å². The molecule has 24 heavy (non-hydrogen) atoms. The minimum Gasteiger partial charge on any atom is -0.481 e. The van der Waals surface area contributed by atoms with Crippen LogP contribution in [0, 0.1) is 0 Å². The van der Waals surface area contributed by atoms with E-state index in [-0.39, 0.29) is 11.8 Å². The molecule has 0 bridgehead atoms. The van der Waals surface area contributed by atoms with E-state index < -0.39 is 5.97 Å². The number of hydrogen-bond donors (Lipinski definition) is 1. The molecule has 2 aromatic heterocycles. The van der Waals surface area contributed by atoms with Gasteiger partial charge in [-0.15, -0.1) is 10.2 Å². The van der Waals surface area contributed by atoms with Gasteiger partial charge in [-0.05, 0) is 12.5 Å². The second-order valence-electron chi connectivity index (χ2n) is 5.04. The molecule has 0 aliphatic heterocycles. The van der Waals surface area contributed by atoms with E-state index in [0.29, 0.717) is 16.7 Å². The number of carboxylic acid groups (broad SMARTS) is 1. The smallest absolute Gasteiger partial charge is 0.313 e. The Balaban J connectivity index is 2.05. The highest BCUT2D eigenvalue weighted by Gasteiger charge is 2.21. The maximum absolute atomic E-state index is 10.9. The summed E-state index contributed by atoms with van der Waals surface area (Å²) >= 11 is 1.14. The minimum atomic E-state index is -0.900. The van der Waals surface area contributed by atoms with Crippen molar-refractivity contribution in [2.24, 2.45) is 0 Å². The Kier molecular flexibility index (Phi) is 4.85. The second kappa shape index (κ2) is 7.22. The molecule has 2 heterocycles. The summed E-state index contributed by atoms with van der Waals surface area (Å²) < 4.78 is 1.90. The van der Waals surface area contributed by atoms with Crippen LogP contribution in [0.1, 0.15) is 18.5 Å². The van der Waals surface area contributed by atoms with Gasteiger partial charge in [0, 0.05) is 12.4 Å². The summed E-state index contributed by atoms with van der Waals surface area (Å²) in [7, 11) is 0. The van der Waals surface area contributed by atoms with Gasteiger partial charge in [0.15, 0.2) is 11.0 Å². The van der Waals surface area contributed by atoms with Crippen LogP contribution in [0.2, 0.25) is 0 Å².